The van der Waals surface area contributed by atoms with Crippen LogP contribution in [0.1, 0.15) is 16.7 Å². The highest BCUT2D eigenvalue weighted by Gasteiger charge is 2.71. The van der Waals surface area contributed by atoms with E-state index in [0.717, 1.165) is 74.0 Å². The second-order valence-corrected chi connectivity index (χ2v) is 10.5. The number of carboxylic acid groups (broad SMARTS) is 1. The summed E-state index contributed by atoms with van der Waals surface area (Å²) in [6.07, 6.45) is -16.9. The minimum atomic E-state index is -5.91. The van der Waals surface area contributed by atoms with E-state index in [9.17, 15) is 44.6 Å². The first-order valence-corrected chi connectivity index (χ1v) is 13.6. The number of carboxylic acids is 1. The molecule has 0 radical (unpaired) electrons. The summed E-state index contributed by atoms with van der Waals surface area (Å²) >= 11 is 0. The molecule has 5 rings (SSSR count). The molecule has 3 aromatic carbocycles. The first-order chi connectivity index (χ1) is 21.4. The second-order valence-electron chi connectivity index (χ2n) is 10.5. The van der Waals surface area contributed by atoms with E-state index < -0.39 is 35.7 Å². The van der Waals surface area contributed by atoms with Gasteiger partial charge in [0.25, 0.3) is 5.60 Å². The summed E-state index contributed by atoms with van der Waals surface area (Å²) in [6, 6.07) is 16.9. The highest BCUT2D eigenvalue weighted by Crippen LogP contribution is 2.50. The molecule has 250 valence electrons. The van der Waals surface area contributed by atoms with E-state index in [2.05, 4.69) is 9.80 Å². The number of fused-ring (bicyclic) bond motifs is 1. The van der Waals surface area contributed by atoms with Crippen LogP contribution in [0.4, 0.5) is 39.5 Å². The summed E-state index contributed by atoms with van der Waals surface area (Å²) in [5, 5.41) is 16.7. The Balaban J connectivity index is 0.000000617. The van der Waals surface area contributed by atoms with Gasteiger partial charge in [0.15, 0.2) is 11.5 Å². The summed E-state index contributed by atoms with van der Waals surface area (Å²) < 4.78 is 121. The molecule has 2 heterocycles. The number of hydrogen-bond acceptors (Lipinski definition) is 6. The number of hydrogen-bond donors (Lipinski definition) is 2. The fourth-order valence-electron chi connectivity index (χ4n) is 4.86. The second kappa shape index (κ2) is 13.4. The molecule has 0 spiro atoms. The normalized spacial score (nSPS) is 16.1. The summed E-state index contributed by atoms with van der Waals surface area (Å²) in [7, 11) is 0. The van der Waals surface area contributed by atoms with Gasteiger partial charge in [-0.1, -0.05) is 54.6 Å². The highest BCUT2D eigenvalue weighted by molar-refractivity contribution is 5.73. The van der Waals surface area contributed by atoms with Crippen molar-refractivity contribution in [3.8, 4) is 22.6 Å². The van der Waals surface area contributed by atoms with Gasteiger partial charge in [-0.15, -0.1) is 0 Å². The van der Waals surface area contributed by atoms with Crippen molar-refractivity contribution in [2.45, 2.75) is 37.2 Å². The maximum Gasteiger partial charge on any atom is 0.490 e. The number of halogens is 9. The number of alkyl halides is 9. The molecule has 0 atom stereocenters. The van der Waals surface area contributed by atoms with Crippen molar-refractivity contribution in [2.75, 3.05) is 33.0 Å². The van der Waals surface area contributed by atoms with Crippen molar-refractivity contribution in [3.63, 3.8) is 0 Å². The average Bonchev–Trinajstić information content (AvgIpc) is 3.45. The van der Waals surface area contributed by atoms with Gasteiger partial charge in [-0.3, -0.25) is 9.80 Å². The number of aliphatic carboxylic acids is 1. The van der Waals surface area contributed by atoms with E-state index in [4.69, 9.17) is 19.4 Å². The quantitative estimate of drug-likeness (QED) is 0.297. The molecule has 7 nitrogen and oxygen atoms in total. The Labute approximate surface area is 256 Å². The van der Waals surface area contributed by atoms with Crippen LogP contribution in [0, 0.1) is 0 Å². The number of carbonyl (C=O) groups is 1. The summed E-state index contributed by atoms with van der Waals surface area (Å²) in [5.74, 6) is -1.22. The lowest BCUT2D eigenvalue weighted by Crippen LogP contribution is -2.53. The first-order valence-electron chi connectivity index (χ1n) is 13.6. The molecule has 0 unspecified atom stereocenters. The van der Waals surface area contributed by atoms with E-state index in [1.54, 1.807) is 12.1 Å². The van der Waals surface area contributed by atoms with Crippen LogP contribution in [-0.2, 0) is 23.5 Å². The first kappa shape index (κ1) is 34.8. The zero-order chi connectivity index (χ0) is 33.9. The van der Waals surface area contributed by atoms with Crippen LogP contribution >= 0.6 is 0 Å². The van der Waals surface area contributed by atoms with Gasteiger partial charge in [0.2, 0.25) is 6.79 Å². The molecule has 0 bridgehead atoms. The van der Waals surface area contributed by atoms with Gasteiger partial charge >= 0.3 is 24.5 Å². The van der Waals surface area contributed by atoms with Crippen LogP contribution < -0.4 is 9.47 Å². The fraction of sp³-hybridized carbons (Fsp3) is 0.367. The van der Waals surface area contributed by atoms with Gasteiger partial charge < -0.3 is 19.7 Å². The Hall–Kier alpha value is -4.02. The minimum absolute atomic E-state index is 0.249. The van der Waals surface area contributed by atoms with Gasteiger partial charge in [0.05, 0.1) is 0 Å². The third-order valence-electron chi connectivity index (χ3n) is 7.37. The maximum atomic E-state index is 13.1. The zero-order valence-electron chi connectivity index (χ0n) is 23.7. The topological polar surface area (TPSA) is 82.5 Å². The lowest BCUT2D eigenvalue weighted by molar-refractivity contribution is -0.376. The molecular formula is C30H27F9N2O5. The SMILES string of the molecule is O=C(O)C(F)(F)F.OC(c1ccc(-c2ccc(CN3CCN(Cc4ccc5c(c4)OCO5)CC3)cc2)cc1)(C(F)(F)F)C(F)(F)F. The molecule has 2 aliphatic rings. The molecule has 3 aromatic rings. The fourth-order valence-corrected chi connectivity index (χ4v) is 4.86. The molecule has 16 heteroatoms. The Morgan fingerprint density at radius 1 is 0.652 bits per heavy atom. The number of ether oxygens (including phenoxy) is 2. The lowest BCUT2D eigenvalue weighted by Gasteiger charge is -2.34. The van der Waals surface area contributed by atoms with Gasteiger partial charge in [0, 0.05) is 44.8 Å². The number of aliphatic hydroxyl groups is 1. The Morgan fingerprint density at radius 3 is 1.52 bits per heavy atom. The number of rotatable bonds is 6. The van der Waals surface area contributed by atoms with Crippen molar-refractivity contribution < 1.29 is 64.0 Å². The molecule has 0 aromatic heterocycles. The van der Waals surface area contributed by atoms with Gasteiger partial charge in [-0.2, -0.15) is 39.5 Å². The largest absolute Gasteiger partial charge is 0.490 e. The van der Waals surface area contributed by atoms with Crippen molar-refractivity contribution in [1.82, 2.24) is 9.80 Å². The molecule has 2 N–H and O–H groups in total. The Kier molecular flexibility index (Phi) is 10.1. The van der Waals surface area contributed by atoms with E-state index >= 15 is 0 Å². The molecule has 1 fully saturated rings. The lowest BCUT2D eigenvalue weighted by atomic mass is 9.90. The van der Waals surface area contributed by atoms with Gasteiger partial charge in [-0.25, -0.2) is 4.79 Å². The maximum absolute atomic E-state index is 13.1. The molecule has 0 saturated carbocycles. The third-order valence-corrected chi connectivity index (χ3v) is 7.37. The molecule has 1 saturated heterocycles. The molecule has 46 heavy (non-hydrogen) atoms. The van der Waals surface area contributed by atoms with Crippen molar-refractivity contribution >= 4 is 5.97 Å². The average molecular weight is 667 g/mol. The monoisotopic (exact) mass is 666 g/mol. The van der Waals surface area contributed by atoms with E-state index in [1.165, 1.54) is 0 Å². The van der Waals surface area contributed by atoms with Crippen LogP contribution in [0.25, 0.3) is 11.1 Å². The molecular weight excluding hydrogens is 639 g/mol. The predicted molar refractivity (Wildman–Crippen MR) is 145 cm³/mol. The number of piperazine rings is 1. The van der Waals surface area contributed by atoms with E-state index in [-0.39, 0.29) is 6.79 Å². The molecule has 0 amide bonds. The highest BCUT2D eigenvalue weighted by atomic mass is 19.4. The van der Waals surface area contributed by atoms with Crippen LogP contribution in [-0.4, -0.2) is 77.5 Å². The van der Waals surface area contributed by atoms with Crippen molar-refractivity contribution in [1.29, 1.82) is 0 Å². The van der Waals surface area contributed by atoms with Crippen molar-refractivity contribution in [3.05, 3.63) is 83.4 Å². The molecule has 0 aliphatic carbocycles. The van der Waals surface area contributed by atoms with Crippen LogP contribution in [0.5, 0.6) is 11.5 Å². The molecule has 2 aliphatic heterocycles. The van der Waals surface area contributed by atoms with E-state index in [1.807, 2.05) is 30.3 Å². The minimum Gasteiger partial charge on any atom is -0.475 e. The number of nitrogens with zero attached hydrogens (tertiary/aromatic N) is 2. The van der Waals surface area contributed by atoms with Gasteiger partial charge in [0.1, 0.15) is 0 Å². The Morgan fingerprint density at radius 2 is 1.07 bits per heavy atom. The smallest absolute Gasteiger partial charge is 0.475 e. The van der Waals surface area contributed by atoms with Crippen LogP contribution in [0.3, 0.4) is 0 Å². The van der Waals surface area contributed by atoms with Gasteiger partial charge in [-0.05, 0) is 34.4 Å². The third kappa shape index (κ3) is 8.03. The summed E-state index contributed by atoms with van der Waals surface area (Å²) in [5.41, 5.74) is -2.92. The standard InChI is InChI=1S/C28H26F6N2O3.C2HF3O2/c29-27(30,31)26(37,28(32,33)34)23-8-6-22(7-9-23)21-4-1-19(2-5-21)16-35-11-13-36(14-12-35)17-20-3-10-24-25(15-20)39-18-38-24;3-2(4,5)1(6)7/h1-10,15,37H,11-14,16-18H2;(H,6,7). The van der Waals surface area contributed by atoms with E-state index in [0.29, 0.717) is 23.3 Å². The van der Waals surface area contributed by atoms with Crippen molar-refractivity contribution in [2.24, 2.45) is 0 Å². The predicted octanol–water partition coefficient (Wildman–Crippen LogP) is 6.35. The number of benzene rings is 3. The summed E-state index contributed by atoms with van der Waals surface area (Å²) in [6.45, 7) is 5.37. The van der Waals surface area contributed by atoms with Crippen LogP contribution in [0.2, 0.25) is 0 Å². The Bertz CT molecular complexity index is 1470. The zero-order valence-corrected chi connectivity index (χ0v) is 23.7. The van der Waals surface area contributed by atoms with Crippen LogP contribution in [0.15, 0.2) is 66.7 Å². The summed E-state index contributed by atoms with van der Waals surface area (Å²) in [4.78, 5) is 13.6.